The summed E-state index contributed by atoms with van der Waals surface area (Å²) >= 11 is 0. The molecule has 1 aromatic heterocycles. The Kier molecular flexibility index (Phi) is 5.19. The molecule has 0 aliphatic rings. The SMILES string of the molecule is CCCC(N)CC(=O)c1nccn1CCC. The summed E-state index contributed by atoms with van der Waals surface area (Å²) in [7, 11) is 0. The summed E-state index contributed by atoms with van der Waals surface area (Å²) in [4.78, 5) is 16.0. The molecule has 0 fully saturated rings. The first kappa shape index (κ1) is 12.9. The molecule has 0 aliphatic heterocycles. The Balaban J connectivity index is 2.61. The topological polar surface area (TPSA) is 60.9 Å². The highest BCUT2D eigenvalue weighted by Crippen LogP contribution is 2.07. The third-order valence-electron chi connectivity index (χ3n) is 2.54. The fourth-order valence-electron chi connectivity index (χ4n) is 1.78. The van der Waals surface area contributed by atoms with Crippen LogP contribution >= 0.6 is 0 Å². The van der Waals surface area contributed by atoms with E-state index in [1.165, 1.54) is 0 Å². The Hall–Kier alpha value is -1.16. The van der Waals surface area contributed by atoms with E-state index in [0.29, 0.717) is 12.2 Å². The van der Waals surface area contributed by atoms with Crippen LogP contribution in [0.25, 0.3) is 0 Å². The molecule has 0 radical (unpaired) electrons. The third-order valence-corrected chi connectivity index (χ3v) is 2.54. The molecule has 0 amide bonds. The van der Waals surface area contributed by atoms with Gasteiger partial charge in [0.25, 0.3) is 0 Å². The monoisotopic (exact) mass is 223 g/mol. The van der Waals surface area contributed by atoms with Gasteiger partial charge in [-0.15, -0.1) is 0 Å². The van der Waals surface area contributed by atoms with Crippen molar-refractivity contribution in [2.75, 3.05) is 0 Å². The van der Waals surface area contributed by atoms with Crippen molar-refractivity contribution in [3.05, 3.63) is 18.2 Å². The van der Waals surface area contributed by atoms with Gasteiger partial charge in [0, 0.05) is 31.4 Å². The van der Waals surface area contributed by atoms with Gasteiger partial charge in [-0.25, -0.2) is 4.98 Å². The van der Waals surface area contributed by atoms with Crippen LogP contribution in [0.1, 0.15) is 50.1 Å². The Labute approximate surface area is 96.9 Å². The van der Waals surface area contributed by atoms with Gasteiger partial charge < -0.3 is 10.3 Å². The van der Waals surface area contributed by atoms with Crippen molar-refractivity contribution in [2.45, 2.75) is 52.1 Å². The fraction of sp³-hybridized carbons (Fsp3) is 0.667. The second-order valence-corrected chi connectivity index (χ2v) is 4.12. The molecule has 0 spiro atoms. The van der Waals surface area contributed by atoms with E-state index in [9.17, 15) is 4.79 Å². The van der Waals surface area contributed by atoms with Crippen molar-refractivity contribution in [1.29, 1.82) is 0 Å². The van der Waals surface area contributed by atoms with Gasteiger partial charge in [-0.2, -0.15) is 0 Å². The zero-order valence-corrected chi connectivity index (χ0v) is 10.1. The molecule has 0 saturated heterocycles. The van der Waals surface area contributed by atoms with E-state index in [1.54, 1.807) is 6.20 Å². The number of ketones is 1. The number of nitrogens with zero attached hydrogens (tertiary/aromatic N) is 2. The molecule has 4 heteroatoms. The Morgan fingerprint density at radius 2 is 2.25 bits per heavy atom. The molecule has 1 aromatic rings. The molecule has 16 heavy (non-hydrogen) atoms. The fourth-order valence-corrected chi connectivity index (χ4v) is 1.78. The lowest BCUT2D eigenvalue weighted by atomic mass is 10.1. The maximum Gasteiger partial charge on any atom is 0.199 e. The van der Waals surface area contributed by atoms with Crippen LogP contribution < -0.4 is 5.73 Å². The highest BCUT2D eigenvalue weighted by atomic mass is 16.1. The average Bonchev–Trinajstić information content (AvgIpc) is 2.66. The van der Waals surface area contributed by atoms with Crippen LogP contribution in [-0.2, 0) is 6.54 Å². The number of Topliss-reactive ketones (excluding diaryl/α,β-unsaturated/α-hetero) is 1. The molecular weight excluding hydrogens is 202 g/mol. The van der Waals surface area contributed by atoms with E-state index in [4.69, 9.17) is 5.73 Å². The number of hydrogen-bond acceptors (Lipinski definition) is 3. The van der Waals surface area contributed by atoms with Crippen LogP contribution in [0.5, 0.6) is 0 Å². The number of rotatable bonds is 7. The Morgan fingerprint density at radius 3 is 2.88 bits per heavy atom. The lowest BCUT2D eigenvalue weighted by Gasteiger charge is -2.10. The molecule has 1 unspecified atom stereocenters. The molecule has 2 N–H and O–H groups in total. The van der Waals surface area contributed by atoms with Crippen LogP contribution in [0, 0.1) is 0 Å². The van der Waals surface area contributed by atoms with Gasteiger partial charge >= 0.3 is 0 Å². The summed E-state index contributed by atoms with van der Waals surface area (Å²) in [6.45, 7) is 4.99. The van der Waals surface area contributed by atoms with Crippen molar-refractivity contribution in [3.63, 3.8) is 0 Å². The van der Waals surface area contributed by atoms with Gasteiger partial charge in [0.2, 0.25) is 0 Å². The molecule has 4 nitrogen and oxygen atoms in total. The number of imidazole rings is 1. The number of aromatic nitrogens is 2. The van der Waals surface area contributed by atoms with E-state index in [2.05, 4.69) is 18.8 Å². The molecule has 0 saturated carbocycles. The standard InChI is InChI=1S/C12H21N3O/c1-3-5-10(13)9-11(16)12-14-6-8-15(12)7-4-2/h6,8,10H,3-5,7,9,13H2,1-2H3. The minimum atomic E-state index is -0.0377. The van der Waals surface area contributed by atoms with Crippen LogP contribution in [0.2, 0.25) is 0 Å². The summed E-state index contributed by atoms with van der Waals surface area (Å²) < 4.78 is 1.90. The van der Waals surface area contributed by atoms with Gasteiger partial charge in [-0.1, -0.05) is 20.3 Å². The molecule has 1 rings (SSSR count). The quantitative estimate of drug-likeness (QED) is 0.719. The minimum absolute atomic E-state index is 0.0377. The predicted molar refractivity (Wildman–Crippen MR) is 64.3 cm³/mol. The van der Waals surface area contributed by atoms with E-state index in [-0.39, 0.29) is 11.8 Å². The van der Waals surface area contributed by atoms with Crippen molar-refractivity contribution in [3.8, 4) is 0 Å². The molecule has 1 atom stereocenters. The summed E-state index contributed by atoms with van der Waals surface area (Å²) in [5, 5.41) is 0. The average molecular weight is 223 g/mol. The Bertz CT molecular complexity index is 333. The van der Waals surface area contributed by atoms with Gasteiger partial charge in [0.05, 0.1) is 0 Å². The highest BCUT2D eigenvalue weighted by Gasteiger charge is 2.15. The van der Waals surface area contributed by atoms with Crippen molar-refractivity contribution in [1.82, 2.24) is 9.55 Å². The molecule has 90 valence electrons. The number of carbonyl (C=O) groups is 1. The maximum absolute atomic E-state index is 11.9. The Morgan fingerprint density at radius 1 is 1.50 bits per heavy atom. The lowest BCUT2D eigenvalue weighted by molar-refractivity contribution is 0.0958. The second-order valence-electron chi connectivity index (χ2n) is 4.12. The molecule has 0 bridgehead atoms. The van der Waals surface area contributed by atoms with E-state index < -0.39 is 0 Å². The molecule has 0 aliphatic carbocycles. The summed E-state index contributed by atoms with van der Waals surface area (Å²) in [5.74, 6) is 0.604. The van der Waals surface area contributed by atoms with Crippen molar-refractivity contribution >= 4 is 5.78 Å². The minimum Gasteiger partial charge on any atom is -0.329 e. The van der Waals surface area contributed by atoms with Gasteiger partial charge in [0.15, 0.2) is 11.6 Å². The summed E-state index contributed by atoms with van der Waals surface area (Å²) in [6, 6.07) is -0.0377. The first-order chi connectivity index (χ1) is 7.69. The van der Waals surface area contributed by atoms with E-state index in [0.717, 1.165) is 25.8 Å². The normalized spacial score (nSPS) is 12.7. The van der Waals surface area contributed by atoms with E-state index >= 15 is 0 Å². The molecule has 1 heterocycles. The van der Waals surface area contributed by atoms with Gasteiger partial charge in [0.1, 0.15) is 0 Å². The third kappa shape index (κ3) is 3.45. The lowest BCUT2D eigenvalue weighted by Crippen LogP contribution is -2.25. The van der Waals surface area contributed by atoms with Crippen molar-refractivity contribution in [2.24, 2.45) is 5.73 Å². The number of hydrogen-bond donors (Lipinski definition) is 1. The number of carbonyl (C=O) groups excluding carboxylic acids is 1. The van der Waals surface area contributed by atoms with Crippen LogP contribution in [0.3, 0.4) is 0 Å². The largest absolute Gasteiger partial charge is 0.329 e. The van der Waals surface area contributed by atoms with Crippen molar-refractivity contribution < 1.29 is 4.79 Å². The first-order valence-electron chi connectivity index (χ1n) is 5.98. The second kappa shape index (κ2) is 6.43. The highest BCUT2D eigenvalue weighted by molar-refractivity contribution is 5.93. The zero-order chi connectivity index (χ0) is 12.0. The predicted octanol–water partition coefficient (Wildman–Crippen LogP) is 1.99. The summed E-state index contributed by atoms with van der Waals surface area (Å²) in [5.41, 5.74) is 5.86. The van der Waals surface area contributed by atoms with Crippen LogP contribution in [-0.4, -0.2) is 21.4 Å². The van der Waals surface area contributed by atoms with Gasteiger partial charge in [-0.05, 0) is 12.8 Å². The molecule has 0 aromatic carbocycles. The van der Waals surface area contributed by atoms with E-state index in [1.807, 2.05) is 10.8 Å². The van der Waals surface area contributed by atoms with Crippen LogP contribution in [0.15, 0.2) is 12.4 Å². The maximum atomic E-state index is 11.9. The summed E-state index contributed by atoms with van der Waals surface area (Å²) in [6.07, 6.45) is 6.82. The van der Waals surface area contributed by atoms with Crippen LogP contribution in [0.4, 0.5) is 0 Å². The smallest absolute Gasteiger partial charge is 0.199 e. The molecular formula is C12H21N3O. The number of aryl methyl sites for hydroxylation is 1. The number of nitrogens with two attached hydrogens (primary N) is 1. The van der Waals surface area contributed by atoms with Gasteiger partial charge in [-0.3, -0.25) is 4.79 Å². The zero-order valence-electron chi connectivity index (χ0n) is 10.1. The first-order valence-corrected chi connectivity index (χ1v) is 5.98.